The number of methoxy groups -OCH3 is 1. The van der Waals surface area contributed by atoms with Crippen LogP contribution in [0.1, 0.15) is 10.4 Å². The molecule has 0 aliphatic rings. The van der Waals surface area contributed by atoms with Gasteiger partial charge < -0.3 is 14.6 Å². The van der Waals surface area contributed by atoms with Crippen molar-refractivity contribution in [2.24, 2.45) is 0 Å². The topological polar surface area (TPSA) is 84.4 Å². The molecule has 7 heteroatoms. The minimum atomic E-state index is -0.513. The number of rotatable bonds is 3. The molecule has 0 aliphatic heterocycles. The van der Waals surface area contributed by atoms with E-state index in [-0.39, 0.29) is 16.4 Å². The average molecular weight is 339 g/mol. The van der Waals surface area contributed by atoms with Crippen LogP contribution >= 0.6 is 0 Å². The molecular weight excluding hydrogens is 322 g/mol. The van der Waals surface area contributed by atoms with Crippen LogP contribution in [0.15, 0.2) is 52.2 Å². The van der Waals surface area contributed by atoms with Crippen LogP contribution in [0.25, 0.3) is 16.7 Å². The Morgan fingerprint density at radius 3 is 2.60 bits per heavy atom. The molecular formula is C18H17N3O4. The minimum absolute atomic E-state index is 0.0722. The second-order valence-corrected chi connectivity index (χ2v) is 5.70. The zero-order valence-corrected chi connectivity index (χ0v) is 14.1. The Morgan fingerprint density at radius 1 is 1.16 bits per heavy atom. The molecule has 25 heavy (non-hydrogen) atoms. The van der Waals surface area contributed by atoms with Crippen molar-refractivity contribution in [3.8, 4) is 11.4 Å². The van der Waals surface area contributed by atoms with E-state index in [1.165, 1.54) is 34.9 Å². The van der Waals surface area contributed by atoms with Crippen molar-refractivity contribution >= 4 is 16.9 Å². The Balaban J connectivity index is 2.46. The fourth-order valence-electron chi connectivity index (χ4n) is 2.62. The molecule has 0 spiro atoms. The van der Waals surface area contributed by atoms with Gasteiger partial charge >= 0.3 is 0 Å². The van der Waals surface area contributed by atoms with Crippen molar-refractivity contribution in [3.05, 3.63) is 68.7 Å². The van der Waals surface area contributed by atoms with E-state index in [2.05, 4.69) is 4.98 Å². The summed E-state index contributed by atoms with van der Waals surface area (Å²) in [5.41, 5.74) is -0.0535. The molecule has 0 atom stereocenters. The van der Waals surface area contributed by atoms with Gasteiger partial charge in [0, 0.05) is 32.4 Å². The van der Waals surface area contributed by atoms with E-state index in [1.54, 1.807) is 38.4 Å². The first-order chi connectivity index (χ1) is 11.9. The van der Waals surface area contributed by atoms with E-state index in [4.69, 9.17) is 4.74 Å². The van der Waals surface area contributed by atoms with E-state index in [0.717, 1.165) is 0 Å². The third-order valence-corrected chi connectivity index (χ3v) is 3.87. The lowest BCUT2D eigenvalue weighted by Gasteiger charge is -2.15. The van der Waals surface area contributed by atoms with Crippen LogP contribution in [-0.2, 0) is 0 Å². The van der Waals surface area contributed by atoms with Crippen LogP contribution in [0.3, 0.4) is 0 Å². The standard InChI is InChI=1S/C18H17N3O4/c1-20(2)17(23)14-10-13-15(22)7-8-19-16(13)21(18(14)24)11-5-4-6-12(9-11)25-3/h4-10H,1-3H3,(H,19,22). The maximum Gasteiger partial charge on any atom is 0.269 e. The summed E-state index contributed by atoms with van der Waals surface area (Å²) in [5, 5.41) is 0.259. The Labute approximate surface area is 143 Å². The molecule has 0 fully saturated rings. The summed E-state index contributed by atoms with van der Waals surface area (Å²) in [6.45, 7) is 0. The molecule has 0 bridgehead atoms. The smallest absolute Gasteiger partial charge is 0.269 e. The van der Waals surface area contributed by atoms with Gasteiger partial charge in [-0.1, -0.05) is 6.07 Å². The van der Waals surface area contributed by atoms with Crippen molar-refractivity contribution in [2.75, 3.05) is 21.2 Å². The third-order valence-electron chi connectivity index (χ3n) is 3.87. The molecule has 0 saturated heterocycles. The highest BCUT2D eigenvalue weighted by atomic mass is 16.5. The third kappa shape index (κ3) is 2.80. The minimum Gasteiger partial charge on any atom is -0.497 e. The summed E-state index contributed by atoms with van der Waals surface area (Å²) < 4.78 is 6.52. The quantitative estimate of drug-likeness (QED) is 0.781. The second kappa shape index (κ2) is 6.27. The molecule has 3 rings (SSSR count). The molecule has 7 nitrogen and oxygen atoms in total. The predicted molar refractivity (Wildman–Crippen MR) is 94.7 cm³/mol. The molecule has 0 radical (unpaired) electrons. The van der Waals surface area contributed by atoms with Gasteiger partial charge in [-0.3, -0.25) is 19.0 Å². The van der Waals surface area contributed by atoms with Crippen molar-refractivity contribution < 1.29 is 9.53 Å². The van der Waals surface area contributed by atoms with E-state index < -0.39 is 11.5 Å². The molecule has 1 N–H and O–H groups in total. The van der Waals surface area contributed by atoms with Gasteiger partial charge in [-0.05, 0) is 18.2 Å². The zero-order chi connectivity index (χ0) is 18.1. The SMILES string of the molecule is COc1cccc(-n2c(=O)c(C(=O)N(C)C)cc3c(=O)cc[nH]c32)c1. The first-order valence-electron chi connectivity index (χ1n) is 7.57. The van der Waals surface area contributed by atoms with Gasteiger partial charge in [0.2, 0.25) is 0 Å². The largest absolute Gasteiger partial charge is 0.497 e. The molecule has 2 aromatic heterocycles. The van der Waals surface area contributed by atoms with Crippen LogP contribution in [-0.4, -0.2) is 41.6 Å². The first kappa shape index (κ1) is 16.5. The average Bonchev–Trinajstić information content (AvgIpc) is 2.61. The number of carbonyl (C=O) groups is 1. The van der Waals surface area contributed by atoms with Gasteiger partial charge in [0.1, 0.15) is 17.0 Å². The van der Waals surface area contributed by atoms with E-state index in [1.807, 2.05) is 0 Å². The lowest BCUT2D eigenvalue weighted by Crippen LogP contribution is -2.33. The molecule has 1 amide bonds. The van der Waals surface area contributed by atoms with Gasteiger partial charge in [-0.2, -0.15) is 0 Å². The van der Waals surface area contributed by atoms with Gasteiger partial charge in [0.05, 0.1) is 18.2 Å². The maximum absolute atomic E-state index is 13.0. The van der Waals surface area contributed by atoms with Gasteiger partial charge in [0.25, 0.3) is 11.5 Å². The summed E-state index contributed by atoms with van der Waals surface area (Å²) >= 11 is 0. The fourth-order valence-corrected chi connectivity index (χ4v) is 2.62. The Kier molecular flexibility index (Phi) is 4.14. The number of hydrogen-bond acceptors (Lipinski definition) is 4. The van der Waals surface area contributed by atoms with E-state index in [9.17, 15) is 14.4 Å². The van der Waals surface area contributed by atoms with E-state index >= 15 is 0 Å². The van der Waals surface area contributed by atoms with Crippen molar-refractivity contribution in [2.45, 2.75) is 0 Å². The Bertz CT molecular complexity index is 1080. The fraction of sp³-hybridized carbons (Fsp3) is 0.167. The van der Waals surface area contributed by atoms with Crippen LogP contribution in [0.2, 0.25) is 0 Å². The molecule has 128 valence electrons. The van der Waals surface area contributed by atoms with Crippen molar-refractivity contribution in [1.82, 2.24) is 14.5 Å². The number of ether oxygens (including phenoxy) is 1. The van der Waals surface area contributed by atoms with Gasteiger partial charge in [-0.15, -0.1) is 0 Å². The number of aromatic nitrogens is 2. The number of pyridine rings is 2. The monoisotopic (exact) mass is 339 g/mol. The summed E-state index contributed by atoms with van der Waals surface area (Å²) in [6, 6.07) is 9.54. The molecule has 2 heterocycles. The number of H-pyrrole nitrogens is 1. The number of benzene rings is 1. The normalized spacial score (nSPS) is 10.7. The van der Waals surface area contributed by atoms with Crippen LogP contribution < -0.4 is 15.7 Å². The number of hydrogen-bond donors (Lipinski definition) is 1. The lowest BCUT2D eigenvalue weighted by molar-refractivity contribution is 0.0826. The highest BCUT2D eigenvalue weighted by Crippen LogP contribution is 2.19. The van der Waals surface area contributed by atoms with Crippen LogP contribution in [0, 0.1) is 0 Å². The summed E-state index contributed by atoms with van der Waals surface area (Å²) in [4.78, 5) is 41.9. The van der Waals surface area contributed by atoms with Crippen LogP contribution in [0.4, 0.5) is 0 Å². The predicted octanol–water partition coefficient (Wildman–Crippen LogP) is 1.39. The number of aromatic amines is 1. The number of amides is 1. The first-order valence-corrected chi connectivity index (χ1v) is 7.57. The number of carbonyl (C=O) groups excluding carboxylic acids is 1. The van der Waals surface area contributed by atoms with Crippen molar-refractivity contribution in [3.63, 3.8) is 0 Å². The summed E-state index contributed by atoms with van der Waals surface area (Å²) in [6.07, 6.45) is 1.47. The summed E-state index contributed by atoms with van der Waals surface area (Å²) in [5.74, 6) is 0.0898. The second-order valence-electron chi connectivity index (χ2n) is 5.70. The number of nitrogens with one attached hydrogen (secondary N) is 1. The molecule has 0 saturated carbocycles. The lowest BCUT2D eigenvalue weighted by atomic mass is 10.1. The van der Waals surface area contributed by atoms with Gasteiger partial charge in [0.15, 0.2) is 5.43 Å². The number of nitrogens with zero attached hydrogens (tertiary/aromatic N) is 2. The van der Waals surface area contributed by atoms with Crippen LogP contribution in [0.5, 0.6) is 5.75 Å². The highest BCUT2D eigenvalue weighted by molar-refractivity contribution is 5.96. The number of fused-ring (bicyclic) bond motifs is 1. The molecule has 1 aromatic carbocycles. The molecule has 0 aliphatic carbocycles. The molecule has 3 aromatic rings. The highest BCUT2D eigenvalue weighted by Gasteiger charge is 2.19. The van der Waals surface area contributed by atoms with Gasteiger partial charge in [-0.25, -0.2) is 0 Å². The van der Waals surface area contributed by atoms with Crippen molar-refractivity contribution in [1.29, 1.82) is 0 Å². The molecule has 0 unspecified atom stereocenters. The zero-order valence-electron chi connectivity index (χ0n) is 14.1. The summed E-state index contributed by atoms with van der Waals surface area (Å²) in [7, 11) is 4.63. The van der Waals surface area contributed by atoms with E-state index in [0.29, 0.717) is 17.1 Å². The Morgan fingerprint density at radius 2 is 1.92 bits per heavy atom. The maximum atomic E-state index is 13.0. The Hall–Kier alpha value is -3.35.